The third kappa shape index (κ3) is 4.48. The summed E-state index contributed by atoms with van der Waals surface area (Å²) in [6, 6.07) is 10.4. The lowest BCUT2D eigenvalue weighted by atomic mass is 9.96. The van der Waals surface area contributed by atoms with Crippen molar-refractivity contribution < 1.29 is 14.6 Å². The number of hydrogen-bond acceptors (Lipinski definition) is 4. The minimum atomic E-state index is -0.330. The molecule has 0 unspecified atom stereocenters. The Labute approximate surface area is 149 Å². The quantitative estimate of drug-likeness (QED) is 0.772. The Kier molecular flexibility index (Phi) is 5.89. The smallest absolute Gasteiger partial charge is 0.226 e. The number of β-amino-alcohol motifs (C(OH)–C–C–N with tert-alkyl or cyclic N) is 1. The zero-order chi connectivity index (χ0) is 17.8. The van der Waals surface area contributed by atoms with Crippen molar-refractivity contribution in [3.8, 4) is 0 Å². The van der Waals surface area contributed by atoms with E-state index in [0.29, 0.717) is 26.1 Å². The highest BCUT2D eigenvalue weighted by atomic mass is 16.5. The molecule has 2 saturated heterocycles. The number of carbonyl (C=O) groups excluding carboxylic acids is 1. The van der Waals surface area contributed by atoms with Gasteiger partial charge in [-0.1, -0.05) is 42.5 Å². The van der Waals surface area contributed by atoms with Gasteiger partial charge in [0.2, 0.25) is 5.91 Å². The van der Waals surface area contributed by atoms with Crippen molar-refractivity contribution in [2.75, 3.05) is 19.7 Å². The molecule has 1 amide bonds. The Morgan fingerprint density at radius 3 is 2.88 bits per heavy atom. The molecule has 0 radical (unpaired) electrons. The maximum absolute atomic E-state index is 12.6. The Bertz CT molecular complexity index is 604. The van der Waals surface area contributed by atoms with Crippen molar-refractivity contribution in [2.24, 2.45) is 5.92 Å². The molecule has 1 aromatic carbocycles. The summed E-state index contributed by atoms with van der Waals surface area (Å²) in [7, 11) is 0. The number of aliphatic hydroxyl groups excluding tert-OH is 1. The number of carbonyl (C=O) groups is 1. The van der Waals surface area contributed by atoms with Crippen LogP contribution in [0.25, 0.3) is 0 Å². The van der Waals surface area contributed by atoms with Gasteiger partial charge in [-0.15, -0.1) is 0 Å². The molecule has 4 atom stereocenters. The lowest BCUT2D eigenvalue weighted by Gasteiger charge is -2.25. The number of ether oxygens (including phenoxy) is 1. The third-order valence-electron chi connectivity index (χ3n) is 5.16. The minimum absolute atomic E-state index is 0.0338. The second kappa shape index (κ2) is 8.13. The number of nitrogens with one attached hydrogen (secondary N) is 1. The molecular weight excluding hydrogens is 316 g/mol. The van der Waals surface area contributed by atoms with E-state index >= 15 is 0 Å². The molecule has 0 saturated carbocycles. The van der Waals surface area contributed by atoms with Crippen LogP contribution in [0, 0.1) is 5.92 Å². The molecule has 5 nitrogen and oxygen atoms in total. The lowest BCUT2D eigenvalue weighted by molar-refractivity contribution is -0.126. The molecule has 2 fully saturated rings. The number of rotatable bonds is 6. The first-order valence-corrected chi connectivity index (χ1v) is 9.05. The first kappa shape index (κ1) is 18.1. The summed E-state index contributed by atoms with van der Waals surface area (Å²) in [5.41, 5.74) is 2.12. The molecule has 2 heterocycles. The molecule has 0 spiro atoms. The molecule has 2 aliphatic heterocycles. The van der Waals surface area contributed by atoms with Gasteiger partial charge in [0.1, 0.15) is 0 Å². The van der Waals surface area contributed by atoms with E-state index in [-0.39, 0.29) is 30.1 Å². The van der Waals surface area contributed by atoms with Gasteiger partial charge < -0.3 is 15.2 Å². The van der Waals surface area contributed by atoms with E-state index in [9.17, 15) is 9.90 Å². The Morgan fingerprint density at radius 1 is 1.40 bits per heavy atom. The number of aliphatic hydroxyl groups is 1. The molecule has 0 bridgehead atoms. The van der Waals surface area contributed by atoms with Gasteiger partial charge >= 0.3 is 0 Å². The van der Waals surface area contributed by atoms with Gasteiger partial charge in [0.05, 0.1) is 18.1 Å². The summed E-state index contributed by atoms with van der Waals surface area (Å²) in [6.45, 7) is 8.44. The lowest BCUT2D eigenvalue weighted by Crippen LogP contribution is -2.43. The van der Waals surface area contributed by atoms with Crippen LogP contribution in [0.1, 0.15) is 25.3 Å². The second-order valence-electron chi connectivity index (χ2n) is 7.24. The van der Waals surface area contributed by atoms with Crippen LogP contribution in [0.4, 0.5) is 0 Å². The standard InChI is InChI=1S/C20H28N2O3/c1-14(2)19-18(8-9-25-19)20(24)21-11-16-10-17(23)13-22(16)12-15-6-4-3-5-7-15/h3-7,16-19,23H,1,8-13H2,2H3,(H,21,24)/t16-,17+,18+,19+/m0/s1. The van der Waals surface area contributed by atoms with Gasteiger partial charge in [0, 0.05) is 32.3 Å². The van der Waals surface area contributed by atoms with Gasteiger partial charge in [-0.25, -0.2) is 0 Å². The monoisotopic (exact) mass is 344 g/mol. The van der Waals surface area contributed by atoms with Crippen LogP contribution < -0.4 is 5.32 Å². The van der Waals surface area contributed by atoms with Crippen molar-refractivity contribution in [1.82, 2.24) is 10.2 Å². The zero-order valence-electron chi connectivity index (χ0n) is 14.9. The largest absolute Gasteiger partial charge is 0.392 e. The van der Waals surface area contributed by atoms with Crippen LogP contribution in [0.3, 0.4) is 0 Å². The average molecular weight is 344 g/mol. The summed E-state index contributed by atoms with van der Waals surface area (Å²) in [6.07, 6.45) is 0.931. The van der Waals surface area contributed by atoms with Crippen LogP contribution in [-0.4, -0.2) is 53.9 Å². The van der Waals surface area contributed by atoms with Crippen molar-refractivity contribution in [2.45, 2.75) is 44.6 Å². The number of benzene rings is 1. The van der Waals surface area contributed by atoms with Crippen LogP contribution in [-0.2, 0) is 16.1 Å². The second-order valence-corrected chi connectivity index (χ2v) is 7.24. The van der Waals surface area contributed by atoms with E-state index in [1.807, 2.05) is 25.1 Å². The molecule has 25 heavy (non-hydrogen) atoms. The summed E-state index contributed by atoms with van der Waals surface area (Å²) in [5, 5.41) is 13.1. The van der Waals surface area contributed by atoms with Crippen molar-refractivity contribution >= 4 is 5.91 Å². The van der Waals surface area contributed by atoms with E-state index in [1.165, 1.54) is 5.56 Å². The van der Waals surface area contributed by atoms with Crippen LogP contribution in [0.15, 0.2) is 42.5 Å². The predicted octanol–water partition coefficient (Wildman–Crippen LogP) is 1.72. The summed E-state index contributed by atoms with van der Waals surface area (Å²) in [5.74, 6) is -0.113. The number of amides is 1. The van der Waals surface area contributed by atoms with Gasteiger partial charge in [-0.3, -0.25) is 9.69 Å². The molecule has 2 aliphatic rings. The van der Waals surface area contributed by atoms with Gasteiger partial charge in [0.25, 0.3) is 0 Å². The first-order valence-electron chi connectivity index (χ1n) is 9.05. The molecule has 2 N–H and O–H groups in total. The highest BCUT2D eigenvalue weighted by Gasteiger charge is 2.36. The molecule has 1 aromatic rings. The fraction of sp³-hybridized carbons (Fsp3) is 0.550. The van der Waals surface area contributed by atoms with E-state index in [1.54, 1.807) is 0 Å². The van der Waals surface area contributed by atoms with Crippen molar-refractivity contribution in [1.29, 1.82) is 0 Å². The highest BCUT2D eigenvalue weighted by Crippen LogP contribution is 2.26. The van der Waals surface area contributed by atoms with Crippen molar-refractivity contribution in [3.63, 3.8) is 0 Å². The highest BCUT2D eigenvalue weighted by molar-refractivity contribution is 5.80. The van der Waals surface area contributed by atoms with Gasteiger partial charge in [-0.05, 0) is 25.3 Å². The Morgan fingerprint density at radius 2 is 2.16 bits per heavy atom. The zero-order valence-corrected chi connectivity index (χ0v) is 14.9. The molecule has 136 valence electrons. The first-order chi connectivity index (χ1) is 12.0. The molecule has 5 heteroatoms. The van der Waals surface area contributed by atoms with E-state index < -0.39 is 0 Å². The molecule has 0 aliphatic carbocycles. The fourth-order valence-electron chi connectivity index (χ4n) is 3.87. The summed E-state index contributed by atoms with van der Waals surface area (Å²) < 4.78 is 5.63. The Balaban J connectivity index is 1.55. The SMILES string of the molecule is C=C(C)[C@H]1OCC[C@H]1C(=O)NC[C@@H]1C[C@@H](O)CN1Cc1ccccc1. The molecule has 3 rings (SSSR count). The average Bonchev–Trinajstić information content (AvgIpc) is 3.20. The molecule has 0 aromatic heterocycles. The molecular formula is C20H28N2O3. The minimum Gasteiger partial charge on any atom is -0.392 e. The van der Waals surface area contributed by atoms with Crippen LogP contribution >= 0.6 is 0 Å². The number of hydrogen-bond donors (Lipinski definition) is 2. The maximum atomic E-state index is 12.6. The van der Waals surface area contributed by atoms with Crippen molar-refractivity contribution in [3.05, 3.63) is 48.0 Å². The maximum Gasteiger partial charge on any atom is 0.226 e. The number of nitrogens with zero attached hydrogens (tertiary/aromatic N) is 1. The normalized spacial score (nSPS) is 29.7. The third-order valence-corrected chi connectivity index (χ3v) is 5.16. The Hall–Kier alpha value is -1.69. The van der Waals surface area contributed by atoms with Crippen LogP contribution in [0.5, 0.6) is 0 Å². The van der Waals surface area contributed by atoms with E-state index in [2.05, 4.69) is 28.9 Å². The number of likely N-dealkylation sites (tertiary alicyclic amines) is 1. The van der Waals surface area contributed by atoms with E-state index in [0.717, 1.165) is 18.5 Å². The van der Waals surface area contributed by atoms with Crippen LogP contribution in [0.2, 0.25) is 0 Å². The fourth-order valence-corrected chi connectivity index (χ4v) is 3.87. The van der Waals surface area contributed by atoms with Gasteiger partial charge in [-0.2, -0.15) is 0 Å². The summed E-state index contributed by atoms with van der Waals surface area (Å²) in [4.78, 5) is 14.8. The van der Waals surface area contributed by atoms with Gasteiger partial charge in [0.15, 0.2) is 0 Å². The van der Waals surface area contributed by atoms with E-state index in [4.69, 9.17) is 4.74 Å². The topological polar surface area (TPSA) is 61.8 Å². The summed E-state index contributed by atoms with van der Waals surface area (Å²) >= 11 is 0. The predicted molar refractivity (Wildman–Crippen MR) is 96.9 cm³/mol.